The first kappa shape index (κ1) is 19.8. The first-order valence-electron chi connectivity index (χ1n) is 6.06. The fourth-order valence-corrected chi connectivity index (χ4v) is 1.95. The molecule has 1 aromatic rings. The summed E-state index contributed by atoms with van der Waals surface area (Å²) in [6, 6.07) is 1.10. The Hall–Kier alpha value is -2.16. The zero-order chi connectivity index (χ0) is 16.4. The van der Waals surface area contributed by atoms with E-state index in [1.165, 1.54) is 6.92 Å². The Bertz CT molecular complexity index is 561. The van der Waals surface area contributed by atoms with E-state index in [2.05, 4.69) is 0 Å². The van der Waals surface area contributed by atoms with Gasteiger partial charge in [-0.25, -0.2) is 4.39 Å². The third-order valence-electron chi connectivity index (χ3n) is 3.06. The van der Waals surface area contributed by atoms with Gasteiger partial charge < -0.3 is 16.8 Å². The van der Waals surface area contributed by atoms with Crippen LogP contribution in [0.2, 0.25) is 0 Å². The Morgan fingerprint density at radius 3 is 2.23 bits per heavy atom. The molecule has 0 saturated heterocycles. The van der Waals surface area contributed by atoms with E-state index in [9.17, 15) is 27.2 Å². The SMILES string of the molecule is CCN(C(=O)C(N)=O)C(C)c1ccc(C(F)(F)F)cc1F.N. The summed E-state index contributed by atoms with van der Waals surface area (Å²) >= 11 is 0. The third kappa shape index (κ3) is 4.17. The number of rotatable bonds is 3. The zero-order valence-electron chi connectivity index (χ0n) is 12.1. The molecule has 124 valence electrons. The summed E-state index contributed by atoms with van der Waals surface area (Å²) in [7, 11) is 0. The number of alkyl halides is 3. The molecule has 1 unspecified atom stereocenters. The second-order valence-corrected chi connectivity index (χ2v) is 4.37. The molecule has 5 nitrogen and oxygen atoms in total. The minimum atomic E-state index is -4.66. The summed E-state index contributed by atoms with van der Waals surface area (Å²) in [5.41, 5.74) is 3.62. The van der Waals surface area contributed by atoms with Gasteiger partial charge in [-0.05, 0) is 26.0 Å². The van der Waals surface area contributed by atoms with Gasteiger partial charge in [0.25, 0.3) is 0 Å². The third-order valence-corrected chi connectivity index (χ3v) is 3.06. The number of amides is 2. The van der Waals surface area contributed by atoms with Crippen LogP contribution in [-0.4, -0.2) is 23.3 Å². The number of nitrogens with two attached hydrogens (primary N) is 1. The van der Waals surface area contributed by atoms with Gasteiger partial charge in [0.1, 0.15) is 5.82 Å². The molecule has 0 aromatic heterocycles. The largest absolute Gasteiger partial charge is 0.416 e. The Morgan fingerprint density at radius 1 is 1.32 bits per heavy atom. The molecule has 0 radical (unpaired) electrons. The Kier molecular flexibility index (Phi) is 6.50. The van der Waals surface area contributed by atoms with E-state index in [1.54, 1.807) is 6.92 Å². The molecule has 1 atom stereocenters. The van der Waals surface area contributed by atoms with E-state index < -0.39 is 35.4 Å². The molecule has 2 amide bonds. The molecule has 0 saturated carbocycles. The van der Waals surface area contributed by atoms with Crippen molar-refractivity contribution < 1.29 is 27.2 Å². The van der Waals surface area contributed by atoms with Gasteiger partial charge in [0.15, 0.2) is 0 Å². The maximum absolute atomic E-state index is 13.8. The fraction of sp³-hybridized carbons (Fsp3) is 0.385. The van der Waals surface area contributed by atoms with Gasteiger partial charge in [-0.2, -0.15) is 13.2 Å². The number of hydrogen-bond donors (Lipinski definition) is 2. The van der Waals surface area contributed by atoms with Gasteiger partial charge in [0, 0.05) is 12.1 Å². The molecule has 0 heterocycles. The van der Waals surface area contributed by atoms with Crippen LogP contribution in [0.15, 0.2) is 18.2 Å². The van der Waals surface area contributed by atoms with Crippen LogP contribution in [-0.2, 0) is 15.8 Å². The molecule has 1 aromatic carbocycles. The number of halogens is 4. The highest BCUT2D eigenvalue weighted by molar-refractivity contribution is 6.34. The van der Waals surface area contributed by atoms with Gasteiger partial charge in [-0.1, -0.05) is 6.07 Å². The number of hydrogen-bond acceptors (Lipinski definition) is 3. The van der Waals surface area contributed by atoms with Crippen LogP contribution in [0.4, 0.5) is 17.6 Å². The van der Waals surface area contributed by atoms with Crippen molar-refractivity contribution >= 4 is 11.8 Å². The molecular formula is C13H17F4N3O2. The van der Waals surface area contributed by atoms with Gasteiger partial charge in [0.2, 0.25) is 0 Å². The van der Waals surface area contributed by atoms with Crippen molar-refractivity contribution in [3.05, 3.63) is 35.1 Å². The topological polar surface area (TPSA) is 98.4 Å². The van der Waals surface area contributed by atoms with Crippen molar-refractivity contribution in [3.63, 3.8) is 0 Å². The van der Waals surface area contributed by atoms with Gasteiger partial charge >= 0.3 is 18.0 Å². The van der Waals surface area contributed by atoms with Gasteiger partial charge in [-0.15, -0.1) is 0 Å². The second-order valence-electron chi connectivity index (χ2n) is 4.37. The van der Waals surface area contributed by atoms with Crippen LogP contribution < -0.4 is 11.9 Å². The summed E-state index contributed by atoms with van der Waals surface area (Å²) in [4.78, 5) is 23.4. The summed E-state index contributed by atoms with van der Waals surface area (Å²) in [5, 5.41) is 0. The summed E-state index contributed by atoms with van der Waals surface area (Å²) in [5.74, 6) is -3.34. The van der Waals surface area contributed by atoms with Crippen molar-refractivity contribution in [2.75, 3.05) is 6.54 Å². The van der Waals surface area contributed by atoms with Crippen molar-refractivity contribution in [1.29, 1.82) is 0 Å². The number of nitrogens with zero attached hydrogens (tertiary/aromatic N) is 1. The highest BCUT2D eigenvalue weighted by Gasteiger charge is 2.32. The van der Waals surface area contributed by atoms with Gasteiger partial charge in [-0.3, -0.25) is 9.59 Å². The van der Waals surface area contributed by atoms with Gasteiger partial charge in [0.05, 0.1) is 11.6 Å². The average molecular weight is 323 g/mol. The highest BCUT2D eigenvalue weighted by atomic mass is 19.4. The minimum absolute atomic E-state index is 0. The molecule has 0 fully saturated rings. The van der Waals surface area contributed by atoms with Crippen molar-refractivity contribution in [2.24, 2.45) is 5.73 Å². The predicted octanol–water partition coefficient (Wildman–Crippen LogP) is 2.40. The molecule has 0 spiro atoms. The number of carbonyl (C=O) groups excluding carboxylic acids is 2. The van der Waals surface area contributed by atoms with Crippen LogP contribution >= 0.6 is 0 Å². The number of primary amides is 1. The first-order valence-corrected chi connectivity index (χ1v) is 6.06. The lowest BCUT2D eigenvalue weighted by Crippen LogP contribution is -2.41. The molecule has 5 N–H and O–H groups in total. The molecular weight excluding hydrogens is 306 g/mol. The van der Waals surface area contributed by atoms with E-state index in [0.717, 1.165) is 17.0 Å². The lowest BCUT2D eigenvalue weighted by molar-refractivity contribution is -0.145. The first-order chi connectivity index (χ1) is 9.59. The van der Waals surface area contributed by atoms with E-state index in [1.807, 2.05) is 0 Å². The van der Waals surface area contributed by atoms with E-state index in [0.29, 0.717) is 6.07 Å². The highest BCUT2D eigenvalue weighted by Crippen LogP contribution is 2.32. The van der Waals surface area contributed by atoms with Crippen LogP contribution in [0.1, 0.15) is 31.0 Å². The maximum Gasteiger partial charge on any atom is 0.416 e. The Balaban J connectivity index is 0.00000441. The molecule has 0 aliphatic rings. The maximum atomic E-state index is 13.8. The molecule has 1 rings (SSSR count). The van der Waals surface area contributed by atoms with Crippen molar-refractivity contribution in [3.8, 4) is 0 Å². The molecule has 0 aliphatic heterocycles. The number of carbonyl (C=O) groups is 2. The summed E-state index contributed by atoms with van der Waals surface area (Å²) < 4.78 is 51.2. The minimum Gasteiger partial charge on any atom is -0.361 e. The van der Waals surface area contributed by atoms with Crippen LogP contribution in [0.5, 0.6) is 0 Å². The summed E-state index contributed by atoms with van der Waals surface area (Å²) in [6.07, 6.45) is -4.66. The Labute approximate surface area is 124 Å². The number of likely N-dealkylation sites (N-methyl/N-ethyl adjacent to an activating group) is 1. The lowest BCUT2D eigenvalue weighted by Gasteiger charge is -2.27. The standard InChI is InChI=1S/C13H14F4N2O2.H3N/c1-3-19(12(21)11(18)20)7(2)9-5-4-8(6-10(9)14)13(15,16)17;/h4-7H,3H2,1-2H3,(H2,18,20);1H3. The number of benzene rings is 1. The smallest absolute Gasteiger partial charge is 0.361 e. The molecule has 22 heavy (non-hydrogen) atoms. The zero-order valence-corrected chi connectivity index (χ0v) is 12.1. The monoisotopic (exact) mass is 323 g/mol. The molecule has 0 aliphatic carbocycles. The van der Waals surface area contributed by atoms with Crippen LogP contribution in [0.3, 0.4) is 0 Å². The van der Waals surface area contributed by atoms with E-state index >= 15 is 0 Å². The van der Waals surface area contributed by atoms with Crippen LogP contribution in [0.25, 0.3) is 0 Å². The second kappa shape index (κ2) is 7.21. The quantitative estimate of drug-likeness (QED) is 0.660. The Morgan fingerprint density at radius 2 is 1.86 bits per heavy atom. The van der Waals surface area contributed by atoms with E-state index in [4.69, 9.17) is 5.73 Å². The molecule has 0 bridgehead atoms. The lowest BCUT2D eigenvalue weighted by atomic mass is 10.0. The normalized spacial score (nSPS) is 12.3. The van der Waals surface area contributed by atoms with Crippen LogP contribution in [0, 0.1) is 5.82 Å². The average Bonchev–Trinajstić information content (AvgIpc) is 2.37. The van der Waals surface area contributed by atoms with Crippen molar-refractivity contribution in [1.82, 2.24) is 11.1 Å². The fourth-order valence-electron chi connectivity index (χ4n) is 1.95. The van der Waals surface area contributed by atoms with Crippen molar-refractivity contribution in [2.45, 2.75) is 26.1 Å². The van der Waals surface area contributed by atoms with E-state index in [-0.39, 0.29) is 18.3 Å². The molecule has 9 heteroatoms. The predicted molar refractivity (Wildman–Crippen MR) is 71.4 cm³/mol. The summed E-state index contributed by atoms with van der Waals surface area (Å²) in [6.45, 7) is 3.00.